The molecule has 0 radical (unpaired) electrons. The highest BCUT2D eigenvalue weighted by atomic mass is 19.3. The molecule has 0 aromatic rings. The Morgan fingerprint density at radius 2 is 1.94 bits per heavy atom. The van der Waals surface area contributed by atoms with Gasteiger partial charge in [-0.2, -0.15) is 0 Å². The van der Waals surface area contributed by atoms with E-state index in [-0.39, 0.29) is 12.0 Å². The molecule has 1 nitrogen and oxygen atoms in total. The van der Waals surface area contributed by atoms with Crippen LogP contribution < -0.4 is 0 Å². The van der Waals surface area contributed by atoms with Gasteiger partial charge in [0.25, 0.3) is 6.43 Å². The predicted octanol–water partition coefficient (Wildman–Crippen LogP) is 3.79. The summed E-state index contributed by atoms with van der Waals surface area (Å²) >= 11 is 0. The Morgan fingerprint density at radius 1 is 1.31 bits per heavy atom. The fraction of sp³-hybridized carbons (Fsp3) is 1.00. The van der Waals surface area contributed by atoms with Crippen molar-refractivity contribution in [2.45, 2.75) is 52.9 Å². The van der Waals surface area contributed by atoms with Crippen molar-refractivity contribution in [2.24, 2.45) is 11.3 Å². The minimum absolute atomic E-state index is 0.0519. The van der Waals surface area contributed by atoms with E-state index in [0.717, 1.165) is 25.9 Å². The Balaban J connectivity index is 2.40. The zero-order valence-corrected chi connectivity index (χ0v) is 10.8. The molecule has 1 rings (SSSR count). The van der Waals surface area contributed by atoms with E-state index in [1.807, 2.05) is 4.90 Å². The summed E-state index contributed by atoms with van der Waals surface area (Å²) in [5.41, 5.74) is 0.165. The summed E-state index contributed by atoms with van der Waals surface area (Å²) in [4.78, 5) is 1.97. The third kappa shape index (κ3) is 5.78. The Kier molecular flexibility index (Phi) is 5.16. The van der Waals surface area contributed by atoms with E-state index in [1.165, 1.54) is 12.8 Å². The van der Waals surface area contributed by atoms with E-state index in [1.54, 1.807) is 0 Å². The summed E-state index contributed by atoms with van der Waals surface area (Å²) in [5.74, 6) is 0.691. The van der Waals surface area contributed by atoms with E-state index in [9.17, 15) is 8.78 Å². The summed E-state index contributed by atoms with van der Waals surface area (Å²) in [6, 6.07) is 0. The van der Waals surface area contributed by atoms with Gasteiger partial charge in [0.2, 0.25) is 0 Å². The van der Waals surface area contributed by atoms with E-state index in [4.69, 9.17) is 0 Å². The summed E-state index contributed by atoms with van der Waals surface area (Å²) in [7, 11) is 0. The van der Waals surface area contributed by atoms with Crippen LogP contribution in [-0.2, 0) is 0 Å². The first-order valence-electron chi connectivity index (χ1n) is 6.43. The minimum Gasteiger partial charge on any atom is -0.297 e. The fourth-order valence-electron chi connectivity index (χ4n) is 2.43. The maximum absolute atomic E-state index is 12.5. The normalized spacial score (nSPS) is 17.4. The first kappa shape index (κ1) is 13.9. The second-order valence-electron chi connectivity index (χ2n) is 5.94. The number of nitrogens with zero attached hydrogens (tertiary/aromatic N) is 1. The van der Waals surface area contributed by atoms with Gasteiger partial charge in [0.1, 0.15) is 0 Å². The third-order valence-electron chi connectivity index (χ3n) is 3.19. The Morgan fingerprint density at radius 3 is 2.38 bits per heavy atom. The van der Waals surface area contributed by atoms with Gasteiger partial charge in [-0.3, -0.25) is 4.90 Å². The lowest BCUT2D eigenvalue weighted by Gasteiger charge is -2.32. The Hall–Kier alpha value is -0.180. The van der Waals surface area contributed by atoms with Gasteiger partial charge >= 0.3 is 0 Å². The van der Waals surface area contributed by atoms with E-state index in [0.29, 0.717) is 5.92 Å². The molecule has 1 aliphatic carbocycles. The van der Waals surface area contributed by atoms with Crippen LogP contribution in [0, 0.1) is 11.3 Å². The van der Waals surface area contributed by atoms with Crippen LogP contribution in [0.2, 0.25) is 0 Å². The second-order valence-corrected chi connectivity index (χ2v) is 5.94. The molecular formula is C13H25F2N. The van der Waals surface area contributed by atoms with Gasteiger partial charge < -0.3 is 0 Å². The van der Waals surface area contributed by atoms with Crippen LogP contribution in [0.3, 0.4) is 0 Å². The average Bonchev–Trinajstić information content (AvgIpc) is 2.84. The Labute approximate surface area is 98.2 Å². The van der Waals surface area contributed by atoms with Crippen LogP contribution in [0.15, 0.2) is 0 Å². The molecule has 1 fully saturated rings. The van der Waals surface area contributed by atoms with Crippen LogP contribution in [0.4, 0.5) is 8.78 Å². The van der Waals surface area contributed by atoms with Crippen LogP contribution in [-0.4, -0.2) is 31.0 Å². The highest BCUT2D eigenvalue weighted by Gasteiger charge is 2.29. The van der Waals surface area contributed by atoms with Crippen LogP contribution in [0.5, 0.6) is 0 Å². The van der Waals surface area contributed by atoms with Crippen molar-refractivity contribution in [3.8, 4) is 0 Å². The lowest BCUT2D eigenvalue weighted by molar-refractivity contribution is 0.0633. The number of hydrogen-bond acceptors (Lipinski definition) is 1. The summed E-state index contributed by atoms with van der Waals surface area (Å²) in [6.45, 7) is 8.15. The molecule has 0 aliphatic heterocycles. The molecule has 0 heterocycles. The summed E-state index contributed by atoms with van der Waals surface area (Å²) in [6.07, 6.45) is 2.49. The summed E-state index contributed by atoms with van der Waals surface area (Å²) < 4.78 is 25.0. The quantitative estimate of drug-likeness (QED) is 0.616. The van der Waals surface area contributed by atoms with Gasteiger partial charge in [-0.1, -0.05) is 27.2 Å². The maximum atomic E-state index is 12.5. The number of halogens is 2. The zero-order chi connectivity index (χ0) is 12.2. The molecule has 0 aromatic heterocycles. The highest BCUT2D eigenvalue weighted by molar-refractivity contribution is 4.81. The van der Waals surface area contributed by atoms with Crippen molar-refractivity contribution in [1.29, 1.82) is 0 Å². The largest absolute Gasteiger partial charge is 0.297 e. The molecule has 3 heteroatoms. The maximum Gasteiger partial charge on any atom is 0.251 e. The molecule has 0 N–H and O–H groups in total. The molecule has 0 atom stereocenters. The molecule has 0 aromatic carbocycles. The van der Waals surface area contributed by atoms with E-state index >= 15 is 0 Å². The molecule has 0 spiro atoms. The molecule has 0 unspecified atom stereocenters. The van der Waals surface area contributed by atoms with E-state index < -0.39 is 6.43 Å². The fourth-order valence-corrected chi connectivity index (χ4v) is 2.43. The van der Waals surface area contributed by atoms with Gasteiger partial charge in [0, 0.05) is 13.1 Å². The van der Waals surface area contributed by atoms with Gasteiger partial charge in [-0.15, -0.1) is 0 Å². The van der Waals surface area contributed by atoms with Crippen molar-refractivity contribution in [1.82, 2.24) is 4.90 Å². The first-order valence-corrected chi connectivity index (χ1v) is 6.43. The molecule has 0 saturated heterocycles. The molecule has 0 amide bonds. The second kappa shape index (κ2) is 5.95. The topological polar surface area (TPSA) is 3.24 Å². The lowest BCUT2D eigenvalue weighted by atomic mass is 9.87. The minimum atomic E-state index is -2.20. The van der Waals surface area contributed by atoms with Crippen molar-refractivity contribution in [3.05, 3.63) is 0 Å². The lowest BCUT2D eigenvalue weighted by Crippen LogP contribution is -2.38. The monoisotopic (exact) mass is 233 g/mol. The van der Waals surface area contributed by atoms with Crippen molar-refractivity contribution >= 4 is 0 Å². The molecule has 16 heavy (non-hydrogen) atoms. The Bertz CT molecular complexity index is 196. The van der Waals surface area contributed by atoms with Crippen molar-refractivity contribution < 1.29 is 8.78 Å². The molecule has 1 aliphatic rings. The molecular weight excluding hydrogens is 208 g/mol. The average molecular weight is 233 g/mol. The van der Waals surface area contributed by atoms with Crippen molar-refractivity contribution in [2.75, 3.05) is 19.6 Å². The molecule has 1 saturated carbocycles. The van der Waals surface area contributed by atoms with Crippen LogP contribution in [0.1, 0.15) is 46.5 Å². The van der Waals surface area contributed by atoms with Crippen LogP contribution >= 0.6 is 0 Å². The van der Waals surface area contributed by atoms with Gasteiger partial charge in [-0.25, -0.2) is 8.78 Å². The summed E-state index contributed by atoms with van der Waals surface area (Å²) in [5, 5.41) is 0. The SMILES string of the molecule is CCCC(C)(C)CN(CC(F)F)CC1CC1. The van der Waals surface area contributed by atoms with Gasteiger partial charge in [0.05, 0.1) is 6.54 Å². The third-order valence-corrected chi connectivity index (χ3v) is 3.19. The van der Waals surface area contributed by atoms with Gasteiger partial charge in [-0.05, 0) is 30.6 Å². The number of rotatable bonds is 8. The number of alkyl halides is 2. The van der Waals surface area contributed by atoms with Gasteiger partial charge in [0.15, 0.2) is 0 Å². The molecule has 0 bridgehead atoms. The number of hydrogen-bond donors (Lipinski definition) is 0. The highest BCUT2D eigenvalue weighted by Crippen LogP contribution is 2.32. The first-order chi connectivity index (χ1) is 7.43. The molecule has 96 valence electrons. The van der Waals surface area contributed by atoms with Crippen molar-refractivity contribution in [3.63, 3.8) is 0 Å². The predicted molar refractivity (Wildman–Crippen MR) is 63.9 cm³/mol. The zero-order valence-electron chi connectivity index (χ0n) is 10.8. The van der Waals surface area contributed by atoms with Crippen LogP contribution in [0.25, 0.3) is 0 Å². The smallest absolute Gasteiger partial charge is 0.251 e. The standard InChI is InChI=1S/C13H25F2N/c1-4-7-13(2,3)10-16(9-12(14)15)8-11-5-6-11/h11-12H,4-10H2,1-3H3. The van der Waals surface area contributed by atoms with E-state index in [2.05, 4.69) is 20.8 Å².